The molecule has 0 amide bonds. The molecular weight excluding hydrogens is 210 g/mol. The largest absolute Gasteiger partial charge is 0.408 e. The molecule has 3 N–H and O–H groups in total. The van der Waals surface area contributed by atoms with Gasteiger partial charge in [-0.3, -0.25) is 0 Å². The molecule has 2 aromatic rings. The molecule has 0 bridgehead atoms. The smallest absolute Gasteiger partial charge is 0.315 e. The van der Waals surface area contributed by atoms with Crippen molar-refractivity contribution < 1.29 is 8.94 Å². The highest BCUT2D eigenvalue weighted by atomic mass is 16.5. The molecule has 0 aromatic carbocycles. The summed E-state index contributed by atoms with van der Waals surface area (Å²) in [5.41, 5.74) is 6.21. The number of nitrogens with zero attached hydrogens (tertiary/aromatic N) is 3. The number of hydrogen-bond donors (Lipinski definition) is 2. The minimum absolute atomic E-state index is 0.359. The summed E-state index contributed by atoms with van der Waals surface area (Å²) in [6.07, 6.45) is 0.579. The SMILES string of the molecule is Cc1cc(CNc2nnc(CCN)o2)on1. The molecule has 0 atom stereocenters. The first-order valence-corrected chi connectivity index (χ1v) is 4.96. The Morgan fingerprint density at radius 1 is 1.44 bits per heavy atom. The molecule has 7 nitrogen and oxygen atoms in total. The molecule has 2 rings (SSSR count). The Kier molecular flexibility index (Phi) is 3.16. The van der Waals surface area contributed by atoms with E-state index in [1.165, 1.54) is 0 Å². The molecule has 0 unspecified atom stereocenters. The molecule has 7 heteroatoms. The van der Waals surface area contributed by atoms with Crippen LogP contribution in [0.4, 0.5) is 6.01 Å². The second kappa shape index (κ2) is 4.75. The van der Waals surface area contributed by atoms with Crippen LogP contribution in [0.3, 0.4) is 0 Å². The van der Waals surface area contributed by atoms with E-state index in [4.69, 9.17) is 14.7 Å². The van der Waals surface area contributed by atoms with E-state index in [0.29, 0.717) is 31.4 Å². The Labute approximate surface area is 92.0 Å². The molecule has 86 valence electrons. The number of nitrogens with one attached hydrogen (secondary N) is 1. The van der Waals surface area contributed by atoms with E-state index in [2.05, 4.69) is 20.7 Å². The molecule has 0 aliphatic heterocycles. The van der Waals surface area contributed by atoms with Gasteiger partial charge in [0.1, 0.15) is 0 Å². The fraction of sp³-hybridized carbons (Fsp3) is 0.444. The highest BCUT2D eigenvalue weighted by Gasteiger charge is 2.06. The lowest BCUT2D eigenvalue weighted by atomic mass is 10.4. The number of nitrogens with two attached hydrogens (primary N) is 1. The fourth-order valence-electron chi connectivity index (χ4n) is 1.21. The molecule has 16 heavy (non-hydrogen) atoms. The van der Waals surface area contributed by atoms with E-state index < -0.39 is 0 Å². The zero-order valence-corrected chi connectivity index (χ0v) is 8.93. The van der Waals surface area contributed by atoms with Crippen molar-refractivity contribution in [3.8, 4) is 0 Å². The van der Waals surface area contributed by atoms with Gasteiger partial charge in [-0.2, -0.15) is 0 Å². The minimum Gasteiger partial charge on any atom is -0.408 e. The molecule has 0 saturated carbocycles. The summed E-state index contributed by atoms with van der Waals surface area (Å²) in [6, 6.07) is 2.20. The van der Waals surface area contributed by atoms with Gasteiger partial charge in [0, 0.05) is 19.0 Å². The first-order chi connectivity index (χ1) is 7.78. The molecule has 0 aliphatic rings. The van der Waals surface area contributed by atoms with Crippen LogP contribution < -0.4 is 11.1 Å². The van der Waals surface area contributed by atoms with Gasteiger partial charge in [0.2, 0.25) is 5.89 Å². The average molecular weight is 223 g/mol. The van der Waals surface area contributed by atoms with Gasteiger partial charge < -0.3 is 20.0 Å². The summed E-state index contributed by atoms with van der Waals surface area (Å²) >= 11 is 0. The maximum absolute atomic E-state index is 5.37. The van der Waals surface area contributed by atoms with Crippen molar-refractivity contribution in [3.05, 3.63) is 23.4 Å². The number of hydrogen-bond acceptors (Lipinski definition) is 7. The zero-order valence-electron chi connectivity index (χ0n) is 8.93. The molecule has 0 fully saturated rings. The lowest BCUT2D eigenvalue weighted by Gasteiger charge is -1.95. The van der Waals surface area contributed by atoms with Crippen molar-refractivity contribution in [2.75, 3.05) is 11.9 Å². The first-order valence-electron chi connectivity index (χ1n) is 4.96. The monoisotopic (exact) mass is 223 g/mol. The highest BCUT2D eigenvalue weighted by Crippen LogP contribution is 2.08. The Bertz CT molecular complexity index is 450. The van der Waals surface area contributed by atoms with Crippen LogP contribution in [0.15, 0.2) is 15.0 Å². The van der Waals surface area contributed by atoms with Crippen molar-refractivity contribution in [1.29, 1.82) is 0 Å². The molecule has 2 aromatic heterocycles. The van der Waals surface area contributed by atoms with E-state index in [-0.39, 0.29) is 0 Å². The molecule has 0 aliphatic carbocycles. The number of anilines is 1. The van der Waals surface area contributed by atoms with Gasteiger partial charge in [-0.05, 0) is 6.92 Å². The topological polar surface area (TPSA) is 103 Å². The van der Waals surface area contributed by atoms with Crippen molar-refractivity contribution in [2.24, 2.45) is 5.73 Å². The maximum Gasteiger partial charge on any atom is 0.315 e. The van der Waals surface area contributed by atoms with Crippen LogP contribution >= 0.6 is 0 Å². The summed E-state index contributed by atoms with van der Waals surface area (Å²) in [4.78, 5) is 0. The molecule has 0 radical (unpaired) electrons. The third kappa shape index (κ3) is 2.57. The summed E-state index contributed by atoms with van der Waals surface area (Å²) in [5.74, 6) is 1.25. The van der Waals surface area contributed by atoms with Crippen LogP contribution in [-0.2, 0) is 13.0 Å². The number of aryl methyl sites for hydroxylation is 1. The summed E-state index contributed by atoms with van der Waals surface area (Å²) < 4.78 is 10.3. The van der Waals surface area contributed by atoms with Gasteiger partial charge in [0.05, 0.1) is 12.2 Å². The van der Waals surface area contributed by atoms with Crippen molar-refractivity contribution in [1.82, 2.24) is 15.4 Å². The lowest BCUT2D eigenvalue weighted by Crippen LogP contribution is -2.02. The van der Waals surface area contributed by atoms with E-state index in [9.17, 15) is 0 Å². The molecule has 0 spiro atoms. The third-order valence-electron chi connectivity index (χ3n) is 1.92. The summed E-state index contributed by atoms with van der Waals surface area (Å²) in [6.45, 7) is 2.81. The fourth-order valence-corrected chi connectivity index (χ4v) is 1.21. The van der Waals surface area contributed by atoms with E-state index >= 15 is 0 Å². The summed E-state index contributed by atoms with van der Waals surface area (Å²) in [5, 5.41) is 14.3. The zero-order chi connectivity index (χ0) is 11.4. The number of rotatable bonds is 5. The van der Waals surface area contributed by atoms with Crippen molar-refractivity contribution >= 4 is 6.01 Å². The van der Waals surface area contributed by atoms with Crippen LogP contribution in [0, 0.1) is 6.92 Å². The van der Waals surface area contributed by atoms with Crippen molar-refractivity contribution in [2.45, 2.75) is 19.9 Å². The second-order valence-electron chi connectivity index (χ2n) is 3.33. The Balaban J connectivity index is 1.89. The van der Waals surface area contributed by atoms with Gasteiger partial charge in [-0.15, -0.1) is 5.10 Å². The van der Waals surface area contributed by atoms with Gasteiger partial charge >= 0.3 is 6.01 Å². The molecular formula is C9H13N5O2. The van der Waals surface area contributed by atoms with Gasteiger partial charge in [-0.1, -0.05) is 10.3 Å². The molecule has 0 saturated heterocycles. The predicted octanol–water partition coefficient (Wildman–Crippen LogP) is 0.479. The highest BCUT2D eigenvalue weighted by molar-refractivity contribution is 5.19. The van der Waals surface area contributed by atoms with E-state index in [0.717, 1.165) is 11.5 Å². The van der Waals surface area contributed by atoms with E-state index in [1.807, 2.05) is 13.0 Å². The van der Waals surface area contributed by atoms with E-state index in [1.54, 1.807) is 0 Å². The number of aromatic nitrogens is 3. The van der Waals surface area contributed by atoms with Crippen LogP contribution in [0.5, 0.6) is 0 Å². The Hall–Kier alpha value is -1.89. The van der Waals surface area contributed by atoms with Gasteiger partial charge in [0.25, 0.3) is 0 Å². The third-order valence-corrected chi connectivity index (χ3v) is 1.92. The minimum atomic E-state index is 0.359. The van der Waals surface area contributed by atoms with Gasteiger partial charge in [0.15, 0.2) is 5.76 Å². The Morgan fingerprint density at radius 2 is 2.31 bits per heavy atom. The van der Waals surface area contributed by atoms with Gasteiger partial charge in [-0.25, -0.2) is 0 Å². The normalized spacial score (nSPS) is 10.6. The average Bonchev–Trinajstić information content (AvgIpc) is 2.85. The van der Waals surface area contributed by atoms with Crippen LogP contribution in [0.1, 0.15) is 17.3 Å². The predicted molar refractivity (Wildman–Crippen MR) is 55.6 cm³/mol. The van der Waals surface area contributed by atoms with Crippen LogP contribution in [0.2, 0.25) is 0 Å². The first kappa shape index (κ1) is 10.6. The standard InChI is InChI=1S/C9H13N5O2/c1-6-4-7(16-14-6)5-11-9-13-12-8(15-9)2-3-10/h4H,2-3,5,10H2,1H3,(H,11,13). The van der Waals surface area contributed by atoms with Crippen molar-refractivity contribution in [3.63, 3.8) is 0 Å². The second-order valence-corrected chi connectivity index (χ2v) is 3.33. The lowest BCUT2D eigenvalue weighted by molar-refractivity contribution is 0.382. The quantitative estimate of drug-likeness (QED) is 0.759. The maximum atomic E-state index is 5.37. The summed E-state index contributed by atoms with van der Waals surface area (Å²) in [7, 11) is 0. The van der Waals surface area contributed by atoms with Crippen LogP contribution in [0.25, 0.3) is 0 Å². The Morgan fingerprint density at radius 3 is 3.00 bits per heavy atom. The van der Waals surface area contributed by atoms with Crippen LogP contribution in [-0.4, -0.2) is 21.9 Å². The molecule has 2 heterocycles.